The van der Waals surface area contributed by atoms with Crippen LogP contribution < -0.4 is 4.90 Å². The molecule has 1 aliphatic rings. The Labute approximate surface area is 148 Å². The van der Waals surface area contributed by atoms with Crippen LogP contribution in [0, 0.1) is 0 Å². The van der Waals surface area contributed by atoms with E-state index < -0.39 is 0 Å². The minimum atomic E-state index is -0.329. The standard InChI is InChI=1S/C19H25N3O3/c1-3-25-19(23)17-12-20-22(14-17)13-15-6-7-16-5-4-8-21(9-10-24-2)18(16)11-15/h6-7,11-12,14H,3-5,8-10,13H2,1-2H3. The van der Waals surface area contributed by atoms with Crippen LogP contribution in [-0.4, -0.2) is 49.2 Å². The average Bonchev–Trinajstić information content (AvgIpc) is 3.09. The van der Waals surface area contributed by atoms with E-state index in [4.69, 9.17) is 9.47 Å². The third-order valence-electron chi connectivity index (χ3n) is 4.42. The van der Waals surface area contributed by atoms with Crippen LogP contribution >= 0.6 is 0 Å². The highest BCUT2D eigenvalue weighted by atomic mass is 16.5. The molecule has 0 saturated heterocycles. The number of hydrogen-bond donors (Lipinski definition) is 0. The maximum Gasteiger partial charge on any atom is 0.341 e. The second-order valence-electron chi connectivity index (χ2n) is 6.19. The van der Waals surface area contributed by atoms with Gasteiger partial charge in [-0.3, -0.25) is 4.68 Å². The molecule has 1 aliphatic heterocycles. The Morgan fingerprint density at radius 2 is 2.24 bits per heavy atom. The number of benzene rings is 1. The number of rotatable bonds is 7. The number of ether oxygens (including phenoxy) is 2. The highest BCUT2D eigenvalue weighted by molar-refractivity contribution is 5.88. The topological polar surface area (TPSA) is 56.6 Å². The number of carbonyl (C=O) groups excluding carboxylic acids is 1. The van der Waals surface area contributed by atoms with Gasteiger partial charge in [0.25, 0.3) is 0 Å². The van der Waals surface area contributed by atoms with Crippen LogP contribution in [0.1, 0.15) is 34.8 Å². The van der Waals surface area contributed by atoms with Crippen LogP contribution in [0.15, 0.2) is 30.6 Å². The minimum absolute atomic E-state index is 0.329. The van der Waals surface area contributed by atoms with Crippen molar-refractivity contribution in [3.8, 4) is 0 Å². The summed E-state index contributed by atoms with van der Waals surface area (Å²) in [6.07, 6.45) is 5.59. The summed E-state index contributed by atoms with van der Waals surface area (Å²) in [7, 11) is 1.74. The molecule has 0 aliphatic carbocycles. The Bertz CT molecular complexity index is 726. The fraction of sp³-hybridized carbons (Fsp3) is 0.474. The van der Waals surface area contributed by atoms with E-state index in [0.717, 1.165) is 26.1 Å². The van der Waals surface area contributed by atoms with Crippen LogP contribution in [0.5, 0.6) is 0 Å². The zero-order valence-electron chi connectivity index (χ0n) is 14.9. The number of aromatic nitrogens is 2. The highest BCUT2D eigenvalue weighted by Crippen LogP contribution is 2.28. The Morgan fingerprint density at radius 1 is 1.36 bits per heavy atom. The van der Waals surface area contributed by atoms with E-state index >= 15 is 0 Å². The lowest BCUT2D eigenvalue weighted by Gasteiger charge is -2.31. The second-order valence-corrected chi connectivity index (χ2v) is 6.19. The number of nitrogens with zero attached hydrogens (tertiary/aromatic N) is 3. The van der Waals surface area contributed by atoms with E-state index in [1.54, 1.807) is 31.1 Å². The number of aryl methyl sites for hydroxylation is 1. The summed E-state index contributed by atoms with van der Waals surface area (Å²) >= 11 is 0. The molecule has 6 nitrogen and oxygen atoms in total. The molecule has 1 aromatic heterocycles. The monoisotopic (exact) mass is 343 g/mol. The average molecular weight is 343 g/mol. The summed E-state index contributed by atoms with van der Waals surface area (Å²) in [5, 5.41) is 4.28. The first-order chi connectivity index (χ1) is 12.2. The summed E-state index contributed by atoms with van der Waals surface area (Å²) in [5.41, 5.74) is 4.33. The maximum atomic E-state index is 11.8. The molecular formula is C19H25N3O3. The van der Waals surface area contributed by atoms with Crippen LogP contribution in [-0.2, 0) is 22.4 Å². The molecule has 0 unspecified atom stereocenters. The number of esters is 1. The molecule has 2 heterocycles. The van der Waals surface area contributed by atoms with Gasteiger partial charge in [0, 0.05) is 32.1 Å². The molecule has 2 aromatic rings. The van der Waals surface area contributed by atoms with E-state index in [2.05, 4.69) is 28.2 Å². The van der Waals surface area contributed by atoms with Crippen molar-refractivity contribution in [2.24, 2.45) is 0 Å². The van der Waals surface area contributed by atoms with E-state index in [1.807, 2.05) is 0 Å². The van der Waals surface area contributed by atoms with Gasteiger partial charge in [0.15, 0.2) is 0 Å². The molecule has 3 rings (SSSR count). The Kier molecular flexibility index (Phi) is 5.71. The fourth-order valence-corrected chi connectivity index (χ4v) is 3.19. The van der Waals surface area contributed by atoms with Crippen molar-refractivity contribution in [1.82, 2.24) is 9.78 Å². The van der Waals surface area contributed by atoms with Gasteiger partial charge in [-0.2, -0.15) is 5.10 Å². The van der Waals surface area contributed by atoms with Crippen molar-refractivity contribution < 1.29 is 14.3 Å². The van der Waals surface area contributed by atoms with E-state index in [0.29, 0.717) is 18.7 Å². The van der Waals surface area contributed by atoms with Crippen molar-refractivity contribution in [2.45, 2.75) is 26.3 Å². The molecule has 0 saturated carbocycles. The van der Waals surface area contributed by atoms with Gasteiger partial charge in [0.1, 0.15) is 0 Å². The van der Waals surface area contributed by atoms with Gasteiger partial charge in [-0.05, 0) is 37.0 Å². The van der Waals surface area contributed by atoms with Crippen LogP contribution in [0.2, 0.25) is 0 Å². The summed E-state index contributed by atoms with van der Waals surface area (Å²) in [5.74, 6) is -0.329. The zero-order valence-corrected chi connectivity index (χ0v) is 14.9. The van der Waals surface area contributed by atoms with Crippen molar-refractivity contribution in [3.63, 3.8) is 0 Å². The molecule has 0 fully saturated rings. The molecule has 25 heavy (non-hydrogen) atoms. The van der Waals surface area contributed by atoms with Gasteiger partial charge in [0.2, 0.25) is 0 Å². The molecule has 0 radical (unpaired) electrons. The number of hydrogen-bond acceptors (Lipinski definition) is 5. The van der Waals surface area contributed by atoms with Gasteiger partial charge >= 0.3 is 5.97 Å². The predicted octanol–water partition coefficient (Wildman–Crippen LogP) is 2.51. The molecule has 0 N–H and O–H groups in total. The first-order valence-corrected chi connectivity index (χ1v) is 8.76. The maximum absolute atomic E-state index is 11.8. The zero-order chi connectivity index (χ0) is 17.6. The number of carbonyl (C=O) groups is 1. The smallest absolute Gasteiger partial charge is 0.341 e. The van der Waals surface area contributed by atoms with Gasteiger partial charge in [0.05, 0.1) is 31.5 Å². The minimum Gasteiger partial charge on any atom is -0.462 e. The molecule has 6 heteroatoms. The van der Waals surface area contributed by atoms with Crippen molar-refractivity contribution in [3.05, 3.63) is 47.3 Å². The molecule has 0 spiro atoms. The van der Waals surface area contributed by atoms with Crippen LogP contribution in [0.25, 0.3) is 0 Å². The molecular weight excluding hydrogens is 318 g/mol. The Hall–Kier alpha value is -2.34. The number of fused-ring (bicyclic) bond motifs is 1. The SMILES string of the molecule is CCOC(=O)c1cnn(Cc2ccc3c(c2)N(CCOC)CCC3)c1. The number of anilines is 1. The lowest BCUT2D eigenvalue weighted by Crippen LogP contribution is -2.32. The third-order valence-corrected chi connectivity index (χ3v) is 4.42. The Balaban J connectivity index is 1.74. The van der Waals surface area contributed by atoms with Crippen LogP contribution in [0.3, 0.4) is 0 Å². The molecule has 0 amide bonds. The predicted molar refractivity (Wildman–Crippen MR) is 96.1 cm³/mol. The third kappa shape index (κ3) is 4.20. The van der Waals surface area contributed by atoms with Gasteiger partial charge in [-0.15, -0.1) is 0 Å². The lowest BCUT2D eigenvalue weighted by atomic mass is 9.99. The lowest BCUT2D eigenvalue weighted by molar-refractivity contribution is 0.0526. The number of methoxy groups -OCH3 is 1. The first kappa shape index (κ1) is 17.5. The quantitative estimate of drug-likeness (QED) is 0.723. The Morgan fingerprint density at radius 3 is 3.04 bits per heavy atom. The van der Waals surface area contributed by atoms with E-state index in [9.17, 15) is 4.79 Å². The second kappa shape index (κ2) is 8.16. The summed E-state index contributed by atoms with van der Waals surface area (Å²) in [6, 6.07) is 6.58. The highest BCUT2D eigenvalue weighted by Gasteiger charge is 2.17. The fourth-order valence-electron chi connectivity index (χ4n) is 3.19. The molecule has 0 atom stereocenters. The largest absolute Gasteiger partial charge is 0.462 e. The van der Waals surface area contributed by atoms with E-state index in [-0.39, 0.29) is 5.97 Å². The van der Waals surface area contributed by atoms with Crippen molar-refractivity contribution in [1.29, 1.82) is 0 Å². The van der Waals surface area contributed by atoms with Crippen molar-refractivity contribution >= 4 is 11.7 Å². The van der Waals surface area contributed by atoms with Gasteiger partial charge in [-0.25, -0.2) is 4.79 Å². The summed E-state index contributed by atoms with van der Waals surface area (Å²) in [4.78, 5) is 14.1. The normalized spacial score (nSPS) is 13.6. The van der Waals surface area contributed by atoms with E-state index in [1.165, 1.54) is 23.2 Å². The molecule has 0 bridgehead atoms. The summed E-state index contributed by atoms with van der Waals surface area (Å²) < 4.78 is 12.0. The summed E-state index contributed by atoms with van der Waals surface area (Å²) in [6.45, 7) is 5.49. The first-order valence-electron chi connectivity index (χ1n) is 8.76. The molecule has 1 aromatic carbocycles. The van der Waals surface area contributed by atoms with Gasteiger partial charge < -0.3 is 14.4 Å². The van der Waals surface area contributed by atoms with Crippen LogP contribution in [0.4, 0.5) is 5.69 Å². The van der Waals surface area contributed by atoms with Gasteiger partial charge in [-0.1, -0.05) is 12.1 Å². The molecule has 134 valence electrons. The van der Waals surface area contributed by atoms with Crippen molar-refractivity contribution in [2.75, 3.05) is 38.3 Å².